The van der Waals surface area contributed by atoms with Crippen molar-refractivity contribution in [1.29, 1.82) is 0 Å². The highest BCUT2D eigenvalue weighted by Crippen LogP contribution is 2.03. The Morgan fingerprint density at radius 1 is 1.09 bits per heavy atom. The molecule has 0 aromatic carbocycles. The summed E-state index contributed by atoms with van der Waals surface area (Å²) in [4.78, 5) is 0. The topological polar surface area (TPSA) is 107 Å². The van der Waals surface area contributed by atoms with Gasteiger partial charge in [-0.3, -0.25) is 0 Å². The highest BCUT2D eigenvalue weighted by atomic mass is 16.4. The molecule has 0 bridgehead atoms. The Balaban J connectivity index is 3.90. The third kappa shape index (κ3) is 3.13. The van der Waals surface area contributed by atoms with Crippen molar-refractivity contribution in [1.82, 2.24) is 0 Å². The molecule has 0 aliphatic heterocycles. The zero-order chi connectivity index (χ0) is 9.02. The number of hydrogen-bond donors (Lipinski definition) is 5. The Bertz CT molecular complexity index is 109. The van der Waals surface area contributed by atoms with Gasteiger partial charge in [0.25, 0.3) is 0 Å². The molecule has 11 heavy (non-hydrogen) atoms. The lowest BCUT2D eigenvalue weighted by Gasteiger charge is -2.23. The van der Waals surface area contributed by atoms with Crippen LogP contribution in [0.2, 0.25) is 0 Å². The first-order valence-electron chi connectivity index (χ1n) is 3.43. The van der Waals surface area contributed by atoms with Crippen LogP contribution in [0, 0.1) is 0 Å². The quantitative estimate of drug-likeness (QED) is 0.314. The second kappa shape index (κ2) is 4.63. The van der Waals surface area contributed by atoms with Gasteiger partial charge in [-0.2, -0.15) is 0 Å². The maximum atomic E-state index is 9.02. The molecule has 6 N–H and O–H groups in total. The van der Waals surface area contributed by atoms with Crippen molar-refractivity contribution < 1.29 is 20.4 Å². The Hall–Kier alpha value is -0.200. The Morgan fingerprint density at radius 2 is 1.55 bits per heavy atom. The molecule has 0 saturated carbocycles. The average Bonchev–Trinajstić information content (AvgIpc) is 2.00. The molecule has 0 spiro atoms. The third-order valence-corrected chi connectivity index (χ3v) is 1.48. The fraction of sp³-hybridized carbons (Fsp3) is 1.00. The molecule has 0 unspecified atom stereocenters. The van der Waals surface area contributed by atoms with E-state index in [1.165, 1.54) is 6.92 Å². The van der Waals surface area contributed by atoms with E-state index < -0.39 is 24.4 Å². The molecule has 0 aromatic heterocycles. The Morgan fingerprint density at radius 3 is 1.82 bits per heavy atom. The number of hydrogen-bond acceptors (Lipinski definition) is 5. The highest BCUT2D eigenvalue weighted by molar-refractivity contribution is 4.78. The minimum atomic E-state index is -1.39. The van der Waals surface area contributed by atoms with Gasteiger partial charge < -0.3 is 26.2 Å². The van der Waals surface area contributed by atoms with Crippen LogP contribution in [0.25, 0.3) is 0 Å². The van der Waals surface area contributed by atoms with Crippen molar-refractivity contribution >= 4 is 0 Å². The van der Waals surface area contributed by atoms with E-state index in [2.05, 4.69) is 0 Å². The van der Waals surface area contributed by atoms with Crippen LogP contribution in [0.1, 0.15) is 6.92 Å². The molecule has 0 aliphatic carbocycles. The summed E-state index contributed by atoms with van der Waals surface area (Å²) in [5.74, 6) is 0. The summed E-state index contributed by atoms with van der Waals surface area (Å²) < 4.78 is 0. The summed E-state index contributed by atoms with van der Waals surface area (Å²) >= 11 is 0. The van der Waals surface area contributed by atoms with Gasteiger partial charge in [0, 0.05) is 6.54 Å². The predicted molar refractivity (Wildman–Crippen MR) is 38.8 cm³/mol. The van der Waals surface area contributed by atoms with Gasteiger partial charge in [-0.15, -0.1) is 0 Å². The lowest BCUT2D eigenvalue weighted by atomic mass is 10.0. The SMILES string of the molecule is C[C@@H](O)[C@@H](O)[C@@H](O)[C@H](O)CN. The highest BCUT2D eigenvalue weighted by Gasteiger charge is 2.26. The van der Waals surface area contributed by atoms with Gasteiger partial charge >= 0.3 is 0 Å². The van der Waals surface area contributed by atoms with Gasteiger partial charge in [0.15, 0.2) is 0 Å². The van der Waals surface area contributed by atoms with E-state index in [0.717, 1.165) is 0 Å². The van der Waals surface area contributed by atoms with Crippen molar-refractivity contribution in [2.24, 2.45) is 5.73 Å². The summed E-state index contributed by atoms with van der Waals surface area (Å²) in [7, 11) is 0. The number of aliphatic hydroxyl groups excluding tert-OH is 4. The predicted octanol–water partition coefficient (Wildman–Crippen LogP) is -2.59. The molecule has 0 heterocycles. The van der Waals surface area contributed by atoms with Gasteiger partial charge in [-0.25, -0.2) is 0 Å². The van der Waals surface area contributed by atoms with Crippen LogP contribution in [-0.4, -0.2) is 51.4 Å². The standard InChI is InChI=1S/C6H15NO4/c1-3(8)5(10)6(11)4(9)2-7/h3-6,8-11H,2,7H2,1H3/t3-,4-,5-,6+/m1/s1. The molecule has 0 rings (SSSR count). The summed E-state index contributed by atoms with van der Waals surface area (Å²) in [6.07, 6.45) is -5.01. The van der Waals surface area contributed by atoms with Crippen molar-refractivity contribution in [3.63, 3.8) is 0 Å². The molecule has 5 nitrogen and oxygen atoms in total. The number of rotatable bonds is 4. The third-order valence-electron chi connectivity index (χ3n) is 1.48. The smallest absolute Gasteiger partial charge is 0.109 e. The van der Waals surface area contributed by atoms with Crippen molar-refractivity contribution in [2.45, 2.75) is 31.3 Å². The minimum Gasteiger partial charge on any atom is -0.391 e. The number of aliphatic hydroxyl groups is 4. The van der Waals surface area contributed by atoms with Gasteiger partial charge in [-0.05, 0) is 6.92 Å². The maximum absolute atomic E-state index is 9.02. The van der Waals surface area contributed by atoms with E-state index in [-0.39, 0.29) is 6.54 Å². The first kappa shape index (κ1) is 10.8. The van der Waals surface area contributed by atoms with Crippen LogP contribution < -0.4 is 5.73 Å². The normalized spacial score (nSPS) is 22.4. The summed E-state index contributed by atoms with van der Waals surface area (Å²) in [5, 5.41) is 35.7. The first-order valence-corrected chi connectivity index (χ1v) is 3.43. The van der Waals surface area contributed by atoms with Gasteiger partial charge in [-0.1, -0.05) is 0 Å². The van der Waals surface area contributed by atoms with Crippen molar-refractivity contribution in [3.8, 4) is 0 Å². The van der Waals surface area contributed by atoms with Gasteiger partial charge in [0.2, 0.25) is 0 Å². The molecule has 68 valence electrons. The molecular weight excluding hydrogens is 150 g/mol. The van der Waals surface area contributed by atoms with Crippen LogP contribution in [-0.2, 0) is 0 Å². The minimum absolute atomic E-state index is 0.148. The van der Waals surface area contributed by atoms with Crippen molar-refractivity contribution in [2.75, 3.05) is 6.54 Å². The molecule has 5 heteroatoms. The lowest BCUT2D eigenvalue weighted by molar-refractivity contribution is -0.0969. The maximum Gasteiger partial charge on any atom is 0.109 e. The monoisotopic (exact) mass is 165 g/mol. The molecule has 0 radical (unpaired) electrons. The van der Waals surface area contributed by atoms with Crippen molar-refractivity contribution in [3.05, 3.63) is 0 Å². The van der Waals surface area contributed by atoms with Gasteiger partial charge in [0.1, 0.15) is 12.2 Å². The van der Waals surface area contributed by atoms with Crippen LogP contribution in [0.5, 0.6) is 0 Å². The summed E-state index contributed by atoms with van der Waals surface area (Å²) in [6.45, 7) is 1.17. The molecule has 0 aliphatic rings. The van der Waals surface area contributed by atoms with E-state index in [1.54, 1.807) is 0 Å². The van der Waals surface area contributed by atoms with Crippen LogP contribution in [0.15, 0.2) is 0 Å². The fourth-order valence-electron chi connectivity index (χ4n) is 0.652. The lowest BCUT2D eigenvalue weighted by Crippen LogP contribution is -2.46. The average molecular weight is 165 g/mol. The molecule has 0 fully saturated rings. The Labute approximate surface area is 65.1 Å². The van der Waals surface area contributed by atoms with E-state index in [9.17, 15) is 0 Å². The second-order valence-electron chi connectivity index (χ2n) is 2.52. The molecular formula is C6H15NO4. The second-order valence-corrected chi connectivity index (χ2v) is 2.52. The van der Waals surface area contributed by atoms with Crippen LogP contribution >= 0.6 is 0 Å². The zero-order valence-electron chi connectivity index (χ0n) is 6.38. The van der Waals surface area contributed by atoms with E-state index >= 15 is 0 Å². The number of nitrogens with two attached hydrogens (primary N) is 1. The molecule has 4 atom stereocenters. The summed E-state index contributed by atoms with van der Waals surface area (Å²) in [6, 6.07) is 0. The van der Waals surface area contributed by atoms with Crippen LogP contribution in [0.3, 0.4) is 0 Å². The van der Waals surface area contributed by atoms with Crippen LogP contribution in [0.4, 0.5) is 0 Å². The molecule has 0 amide bonds. The zero-order valence-corrected chi connectivity index (χ0v) is 6.38. The molecule has 0 aromatic rings. The summed E-state index contributed by atoms with van der Waals surface area (Å²) in [5.41, 5.74) is 5.01. The molecule has 0 saturated heterocycles. The Kier molecular flexibility index (Phi) is 4.55. The fourth-order valence-corrected chi connectivity index (χ4v) is 0.652. The van der Waals surface area contributed by atoms with E-state index in [1.807, 2.05) is 0 Å². The van der Waals surface area contributed by atoms with Gasteiger partial charge in [0.05, 0.1) is 12.2 Å². The van der Waals surface area contributed by atoms with E-state index in [4.69, 9.17) is 26.2 Å². The first-order chi connectivity index (χ1) is 5.00. The largest absolute Gasteiger partial charge is 0.391 e. The van der Waals surface area contributed by atoms with E-state index in [0.29, 0.717) is 0 Å².